The topological polar surface area (TPSA) is 68.1 Å². The van der Waals surface area contributed by atoms with Gasteiger partial charge in [0, 0.05) is 24.3 Å². The summed E-state index contributed by atoms with van der Waals surface area (Å²) in [4.78, 5) is 14.9. The Morgan fingerprint density at radius 1 is 1.47 bits per heavy atom. The Bertz CT molecular complexity index is 546. The van der Waals surface area contributed by atoms with Crippen molar-refractivity contribution in [2.75, 3.05) is 12.8 Å². The number of benzene rings is 1. The van der Waals surface area contributed by atoms with Gasteiger partial charge in [-0.25, -0.2) is 0 Å². The van der Waals surface area contributed by atoms with Crippen LogP contribution >= 0.6 is 0 Å². The molecule has 0 spiro atoms. The molecule has 0 atom stereocenters. The highest BCUT2D eigenvalue weighted by Crippen LogP contribution is 2.15. The maximum atomic E-state index is 11.9. The third-order valence-corrected chi connectivity index (χ3v) is 2.32. The van der Waals surface area contributed by atoms with Crippen molar-refractivity contribution >= 4 is 16.6 Å². The molecule has 0 fully saturated rings. The number of H-pyrrole nitrogens is 1. The maximum absolute atomic E-state index is 11.9. The van der Waals surface area contributed by atoms with Crippen LogP contribution in [0, 0.1) is 0 Å². The van der Waals surface area contributed by atoms with Gasteiger partial charge in [-0.05, 0) is 12.1 Å². The summed E-state index contributed by atoms with van der Waals surface area (Å²) in [7, 11) is 1.56. The largest absolute Gasteiger partial charge is 0.397 e. The van der Waals surface area contributed by atoms with E-state index in [1.165, 1.54) is 0 Å². The molecular weight excluding hydrogens is 192 g/mol. The fourth-order valence-electron chi connectivity index (χ4n) is 1.58. The molecule has 0 radical (unpaired) electrons. The summed E-state index contributed by atoms with van der Waals surface area (Å²) in [6.45, 7) is 0.306. The zero-order valence-electron chi connectivity index (χ0n) is 8.41. The molecule has 1 aromatic carbocycles. The number of aromatic amines is 1. The number of fused-ring (bicyclic) bond motifs is 1. The van der Waals surface area contributed by atoms with Crippen LogP contribution in [0.3, 0.4) is 0 Å². The van der Waals surface area contributed by atoms with Crippen molar-refractivity contribution in [3.8, 4) is 0 Å². The highest BCUT2D eigenvalue weighted by molar-refractivity contribution is 5.89. The summed E-state index contributed by atoms with van der Waals surface area (Å²) in [5.41, 5.74) is 7.59. The van der Waals surface area contributed by atoms with E-state index in [2.05, 4.69) is 4.98 Å². The van der Waals surface area contributed by atoms with Gasteiger partial charge in [-0.1, -0.05) is 6.07 Å². The van der Waals surface area contributed by atoms with E-state index >= 15 is 0 Å². The number of aromatic nitrogens is 1. The molecule has 2 rings (SSSR count). The van der Waals surface area contributed by atoms with Crippen molar-refractivity contribution in [3.05, 3.63) is 40.2 Å². The lowest BCUT2D eigenvalue weighted by molar-refractivity contribution is 0.184. The lowest BCUT2D eigenvalue weighted by atomic mass is 10.1. The smallest absolute Gasteiger partial charge is 0.194 e. The lowest BCUT2D eigenvalue weighted by Crippen LogP contribution is -2.11. The summed E-state index contributed by atoms with van der Waals surface area (Å²) >= 11 is 0. The molecule has 1 aromatic heterocycles. The van der Waals surface area contributed by atoms with Gasteiger partial charge < -0.3 is 15.5 Å². The molecule has 0 saturated carbocycles. The van der Waals surface area contributed by atoms with Gasteiger partial charge in [0.05, 0.1) is 17.8 Å². The maximum Gasteiger partial charge on any atom is 0.194 e. The molecule has 78 valence electrons. The number of nitrogens with two attached hydrogens (primary N) is 1. The molecule has 0 unspecified atom stereocenters. The van der Waals surface area contributed by atoms with Crippen molar-refractivity contribution in [1.82, 2.24) is 4.98 Å². The molecule has 0 bridgehead atoms. The number of nitrogen functional groups attached to an aromatic ring is 1. The molecule has 3 N–H and O–H groups in total. The zero-order chi connectivity index (χ0) is 10.8. The summed E-state index contributed by atoms with van der Waals surface area (Å²) in [5, 5.41) is 0.601. The Labute approximate surface area is 86.7 Å². The number of ether oxygens (including phenoxy) is 1. The van der Waals surface area contributed by atoms with Crippen molar-refractivity contribution in [3.63, 3.8) is 0 Å². The van der Waals surface area contributed by atoms with Crippen molar-refractivity contribution in [2.45, 2.75) is 6.61 Å². The van der Waals surface area contributed by atoms with Gasteiger partial charge in [0.2, 0.25) is 0 Å². The highest BCUT2D eigenvalue weighted by atomic mass is 16.5. The average Bonchev–Trinajstić information content (AvgIpc) is 2.23. The normalized spacial score (nSPS) is 10.7. The highest BCUT2D eigenvalue weighted by Gasteiger charge is 2.05. The van der Waals surface area contributed by atoms with Crippen molar-refractivity contribution in [1.29, 1.82) is 0 Å². The Kier molecular flexibility index (Phi) is 2.43. The van der Waals surface area contributed by atoms with Crippen molar-refractivity contribution < 1.29 is 4.74 Å². The van der Waals surface area contributed by atoms with Gasteiger partial charge in [-0.15, -0.1) is 0 Å². The van der Waals surface area contributed by atoms with Gasteiger partial charge in [0.15, 0.2) is 5.43 Å². The van der Waals surface area contributed by atoms with E-state index in [1.807, 2.05) is 0 Å². The first kappa shape index (κ1) is 9.73. The van der Waals surface area contributed by atoms with Crippen LogP contribution in [0.2, 0.25) is 0 Å². The second-order valence-corrected chi connectivity index (χ2v) is 3.35. The first-order valence-corrected chi connectivity index (χ1v) is 4.61. The second-order valence-electron chi connectivity index (χ2n) is 3.35. The molecule has 0 saturated heterocycles. The van der Waals surface area contributed by atoms with E-state index in [1.54, 1.807) is 31.5 Å². The average molecular weight is 204 g/mol. The minimum Gasteiger partial charge on any atom is -0.397 e. The van der Waals surface area contributed by atoms with Gasteiger partial charge >= 0.3 is 0 Å². The molecule has 0 amide bonds. The fraction of sp³-hybridized carbons (Fsp3) is 0.182. The van der Waals surface area contributed by atoms with E-state index in [4.69, 9.17) is 10.5 Å². The lowest BCUT2D eigenvalue weighted by Gasteiger charge is -2.04. The molecular formula is C11H12N2O2. The molecule has 0 aliphatic carbocycles. The third kappa shape index (κ3) is 1.59. The van der Waals surface area contributed by atoms with Crippen LogP contribution in [-0.4, -0.2) is 12.1 Å². The van der Waals surface area contributed by atoms with E-state index in [0.717, 1.165) is 0 Å². The van der Waals surface area contributed by atoms with Gasteiger partial charge in [0.1, 0.15) is 0 Å². The van der Waals surface area contributed by atoms with Crippen molar-refractivity contribution in [2.24, 2.45) is 0 Å². The number of para-hydroxylation sites is 1. The van der Waals surface area contributed by atoms with E-state index < -0.39 is 0 Å². The minimum atomic E-state index is -0.0297. The van der Waals surface area contributed by atoms with Crippen LogP contribution in [-0.2, 0) is 11.3 Å². The van der Waals surface area contributed by atoms with Crippen LogP contribution in [0.25, 0.3) is 10.9 Å². The Balaban J connectivity index is 2.75. The molecule has 2 aromatic rings. The predicted octanol–water partition coefficient (Wildman–Crippen LogP) is 1.26. The zero-order valence-corrected chi connectivity index (χ0v) is 8.41. The summed E-state index contributed by atoms with van der Waals surface area (Å²) in [6.07, 6.45) is 1.64. The molecule has 15 heavy (non-hydrogen) atoms. The monoisotopic (exact) mass is 204 g/mol. The number of anilines is 1. The molecule has 4 nitrogen and oxygen atoms in total. The molecule has 0 aliphatic heterocycles. The van der Waals surface area contributed by atoms with Gasteiger partial charge in [-0.3, -0.25) is 4.79 Å². The Morgan fingerprint density at radius 3 is 3.00 bits per heavy atom. The van der Waals surface area contributed by atoms with Crippen LogP contribution in [0.4, 0.5) is 5.69 Å². The Morgan fingerprint density at radius 2 is 2.27 bits per heavy atom. The second kappa shape index (κ2) is 3.74. The third-order valence-electron chi connectivity index (χ3n) is 2.32. The number of nitrogens with one attached hydrogen (secondary N) is 1. The minimum absolute atomic E-state index is 0.0297. The molecule has 0 aliphatic rings. The summed E-state index contributed by atoms with van der Waals surface area (Å²) in [5.74, 6) is 0. The quantitative estimate of drug-likeness (QED) is 0.723. The Hall–Kier alpha value is -1.81. The number of hydrogen-bond donors (Lipinski definition) is 2. The van der Waals surface area contributed by atoms with E-state index in [9.17, 15) is 4.79 Å². The first-order chi connectivity index (χ1) is 7.24. The standard InChI is InChI=1S/C11H12N2O2/c1-15-6-7-5-13-10-8(11(7)14)3-2-4-9(10)12/h2-5H,6,12H2,1H3,(H,13,14). The fourth-order valence-corrected chi connectivity index (χ4v) is 1.58. The van der Waals surface area contributed by atoms with Crippen LogP contribution in [0.1, 0.15) is 5.56 Å². The van der Waals surface area contributed by atoms with Gasteiger partial charge in [0.25, 0.3) is 0 Å². The molecule has 4 heteroatoms. The number of rotatable bonds is 2. The summed E-state index contributed by atoms with van der Waals surface area (Å²) < 4.78 is 4.94. The predicted molar refractivity (Wildman–Crippen MR) is 59.7 cm³/mol. The summed E-state index contributed by atoms with van der Waals surface area (Å²) in [6, 6.07) is 5.28. The SMILES string of the molecule is COCc1c[nH]c2c(N)cccc2c1=O. The molecule has 1 heterocycles. The van der Waals surface area contributed by atoms with E-state index in [-0.39, 0.29) is 5.43 Å². The van der Waals surface area contributed by atoms with Crippen LogP contribution in [0.15, 0.2) is 29.2 Å². The van der Waals surface area contributed by atoms with Crippen LogP contribution < -0.4 is 11.2 Å². The van der Waals surface area contributed by atoms with E-state index in [0.29, 0.717) is 28.8 Å². The van der Waals surface area contributed by atoms with Gasteiger partial charge in [-0.2, -0.15) is 0 Å². The van der Waals surface area contributed by atoms with Crippen LogP contribution in [0.5, 0.6) is 0 Å². The number of hydrogen-bond acceptors (Lipinski definition) is 3. The number of methoxy groups -OCH3 is 1. The first-order valence-electron chi connectivity index (χ1n) is 4.61. The number of pyridine rings is 1.